The number of piperazine rings is 1. The lowest BCUT2D eigenvalue weighted by atomic mass is 10.2. The summed E-state index contributed by atoms with van der Waals surface area (Å²) in [7, 11) is 0. The predicted molar refractivity (Wildman–Crippen MR) is 93.2 cm³/mol. The molecular formula is C18H29N3O2. The average molecular weight is 319 g/mol. The topological polar surface area (TPSA) is 66.6 Å². The van der Waals surface area contributed by atoms with Gasteiger partial charge in [0.15, 0.2) is 0 Å². The third-order valence-electron chi connectivity index (χ3n) is 3.72. The van der Waals surface area contributed by atoms with E-state index in [0.717, 1.165) is 44.7 Å². The highest BCUT2D eigenvalue weighted by Crippen LogP contribution is 2.08. The van der Waals surface area contributed by atoms with Crippen molar-refractivity contribution in [1.82, 2.24) is 9.80 Å². The van der Waals surface area contributed by atoms with Gasteiger partial charge in [-0.1, -0.05) is 32.0 Å². The van der Waals surface area contributed by atoms with Gasteiger partial charge in [-0.05, 0) is 31.5 Å². The first-order valence-corrected chi connectivity index (χ1v) is 8.43. The summed E-state index contributed by atoms with van der Waals surface area (Å²) in [6, 6.07) is 9.55. The SMILES string of the molecule is CCCC(N)=O.CCCN1CCN(C(=O)c2ccccc2)CC1. The Bertz CT molecular complexity index is 468. The van der Waals surface area contributed by atoms with Crippen molar-refractivity contribution in [2.45, 2.75) is 33.1 Å². The first kappa shape index (κ1) is 19.2. The quantitative estimate of drug-likeness (QED) is 0.904. The highest BCUT2D eigenvalue weighted by molar-refractivity contribution is 5.94. The molecule has 1 aliphatic heterocycles. The number of nitrogens with two attached hydrogens (primary N) is 1. The standard InChI is InChI=1S/C14H20N2O.C4H9NO/c1-2-8-15-9-11-16(12-10-15)14(17)13-6-4-3-5-7-13;1-2-3-4(5)6/h3-7H,2,8-12H2,1H3;2-3H2,1H3,(H2,5,6). The number of nitrogens with zero attached hydrogens (tertiary/aromatic N) is 2. The Labute approximate surface area is 139 Å². The highest BCUT2D eigenvalue weighted by atomic mass is 16.2. The van der Waals surface area contributed by atoms with Gasteiger partial charge in [0.1, 0.15) is 0 Å². The summed E-state index contributed by atoms with van der Waals surface area (Å²) in [5.74, 6) is -0.0424. The average Bonchev–Trinajstić information content (AvgIpc) is 2.56. The molecule has 1 saturated heterocycles. The van der Waals surface area contributed by atoms with Crippen LogP contribution in [0.3, 0.4) is 0 Å². The second-order valence-electron chi connectivity index (χ2n) is 5.72. The minimum absolute atomic E-state index is 0.168. The van der Waals surface area contributed by atoms with Crippen LogP contribution in [0.2, 0.25) is 0 Å². The third kappa shape index (κ3) is 7.28. The van der Waals surface area contributed by atoms with Gasteiger partial charge >= 0.3 is 0 Å². The summed E-state index contributed by atoms with van der Waals surface area (Å²) in [5, 5.41) is 0. The number of rotatable bonds is 5. The van der Waals surface area contributed by atoms with Crippen molar-refractivity contribution in [1.29, 1.82) is 0 Å². The number of benzene rings is 1. The highest BCUT2D eigenvalue weighted by Gasteiger charge is 2.21. The molecule has 1 aromatic carbocycles. The maximum Gasteiger partial charge on any atom is 0.253 e. The third-order valence-corrected chi connectivity index (χ3v) is 3.72. The largest absolute Gasteiger partial charge is 0.370 e. The normalized spacial score (nSPS) is 14.8. The first-order valence-electron chi connectivity index (χ1n) is 8.43. The fraction of sp³-hybridized carbons (Fsp3) is 0.556. The van der Waals surface area contributed by atoms with E-state index in [0.29, 0.717) is 6.42 Å². The Morgan fingerprint density at radius 2 is 1.61 bits per heavy atom. The van der Waals surface area contributed by atoms with Gasteiger partial charge < -0.3 is 10.6 Å². The molecule has 0 spiro atoms. The molecule has 1 heterocycles. The molecule has 0 aliphatic carbocycles. The molecule has 0 unspecified atom stereocenters. The van der Waals surface area contributed by atoms with Crippen LogP contribution in [0.4, 0.5) is 0 Å². The second kappa shape index (κ2) is 10.8. The van der Waals surface area contributed by atoms with E-state index in [2.05, 4.69) is 11.8 Å². The van der Waals surface area contributed by atoms with E-state index in [-0.39, 0.29) is 11.8 Å². The number of amides is 2. The Hall–Kier alpha value is -1.88. The van der Waals surface area contributed by atoms with Crippen LogP contribution in [0.25, 0.3) is 0 Å². The molecule has 23 heavy (non-hydrogen) atoms. The van der Waals surface area contributed by atoms with Gasteiger partial charge in [-0.3, -0.25) is 14.5 Å². The van der Waals surface area contributed by atoms with E-state index >= 15 is 0 Å². The van der Waals surface area contributed by atoms with Crippen molar-refractivity contribution in [3.8, 4) is 0 Å². The number of carbonyl (C=O) groups is 2. The summed E-state index contributed by atoms with van der Waals surface area (Å²) < 4.78 is 0. The molecule has 1 aromatic rings. The zero-order chi connectivity index (χ0) is 17.1. The molecule has 2 rings (SSSR count). The molecule has 5 heteroatoms. The molecule has 2 amide bonds. The van der Waals surface area contributed by atoms with Gasteiger partial charge in [0.2, 0.25) is 5.91 Å². The lowest BCUT2D eigenvalue weighted by Gasteiger charge is -2.34. The monoisotopic (exact) mass is 319 g/mol. The van der Waals surface area contributed by atoms with Crippen molar-refractivity contribution in [3.05, 3.63) is 35.9 Å². The second-order valence-corrected chi connectivity index (χ2v) is 5.72. The van der Waals surface area contributed by atoms with Crippen molar-refractivity contribution in [2.24, 2.45) is 5.73 Å². The van der Waals surface area contributed by atoms with E-state index < -0.39 is 0 Å². The fourth-order valence-corrected chi connectivity index (χ4v) is 2.50. The van der Waals surface area contributed by atoms with Crippen molar-refractivity contribution >= 4 is 11.8 Å². The van der Waals surface area contributed by atoms with Gasteiger partial charge in [-0.15, -0.1) is 0 Å². The molecule has 0 radical (unpaired) electrons. The van der Waals surface area contributed by atoms with Crippen molar-refractivity contribution in [3.63, 3.8) is 0 Å². The molecular weight excluding hydrogens is 290 g/mol. The van der Waals surface area contributed by atoms with Crippen LogP contribution in [-0.2, 0) is 4.79 Å². The number of hydrogen-bond donors (Lipinski definition) is 1. The van der Waals surface area contributed by atoms with Crippen LogP contribution < -0.4 is 5.73 Å². The molecule has 2 N–H and O–H groups in total. The minimum atomic E-state index is -0.211. The van der Waals surface area contributed by atoms with Crippen LogP contribution in [0, 0.1) is 0 Å². The van der Waals surface area contributed by atoms with Gasteiger partial charge in [0.25, 0.3) is 5.91 Å². The first-order chi connectivity index (χ1) is 11.1. The zero-order valence-electron chi connectivity index (χ0n) is 14.3. The van der Waals surface area contributed by atoms with E-state index in [4.69, 9.17) is 5.73 Å². The number of carbonyl (C=O) groups excluding carboxylic acids is 2. The number of primary amides is 1. The van der Waals surface area contributed by atoms with Gasteiger partial charge in [0, 0.05) is 38.2 Å². The lowest BCUT2D eigenvalue weighted by Crippen LogP contribution is -2.48. The molecule has 0 saturated carbocycles. The van der Waals surface area contributed by atoms with Crippen LogP contribution >= 0.6 is 0 Å². The predicted octanol–water partition coefficient (Wildman–Crippen LogP) is 2.13. The van der Waals surface area contributed by atoms with E-state index in [1.807, 2.05) is 42.2 Å². The molecule has 0 atom stereocenters. The minimum Gasteiger partial charge on any atom is -0.370 e. The van der Waals surface area contributed by atoms with Gasteiger partial charge in [-0.25, -0.2) is 0 Å². The van der Waals surface area contributed by atoms with Crippen LogP contribution in [0.15, 0.2) is 30.3 Å². The maximum absolute atomic E-state index is 12.2. The Morgan fingerprint density at radius 3 is 2.04 bits per heavy atom. The summed E-state index contributed by atoms with van der Waals surface area (Å²) in [6.07, 6.45) is 2.56. The summed E-state index contributed by atoms with van der Waals surface area (Å²) >= 11 is 0. The lowest BCUT2D eigenvalue weighted by molar-refractivity contribution is -0.118. The Balaban J connectivity index is 0.000000379. The molecule has 0 bridgehead atoms. The maximum atomic E-state index is 12.2. The van der Waals surface area contributed by atoms with Crippen molar-refractivity contribution in [2.75, 3.05) is 32.7 Å². The van der Waals surface area contributed by atoms with Crippen LogP contribution in [0.5, 0.6) is 0 Å². The van der Waals surface area contributed by atoms with Gasteiger partial charge in [-0.2, -0.15) is 0 Å². The van der Waals surface area contributed by atoms with Crippen LogP contribution in [0.1, 0.15) is 43.5 Å². The molecule has 128 valence electrons. The van der Waals surface area contributed by atoms with E-state index in [1.54, 1.807) is 0 Å². The fourth-order valence-electron chi connectivity index (χ4n) is 2.50. The summed E-state index contributed by atoms with van der Waals surface area (Å²) in [4.78, 5) is 26.4. The van der Waals surface area contributed by atoms with E-state index in [9.17, 15) is 9.59 Å². The Morgan fingerprint density at radius 1 is 1.00 bits per heavy atom. The summed E-state index contributed by atoms with van der Waals surface area (Å²) in [5.41, 5.74) is 5.57. The smallest absolute Gasteiger partial charge is 0.253 e. The molecule has 5 nitrogen and oxygen atoms in total. The van der Waals surface area contributed by atoms with Crippen molar-refractivity contribution < 1.29 is 9.59 Å². The molecule has 1 fully saturated rings. The van der Waals surface area contributed by atoms with Gasteiger partial charge in [0.05, 0.1) is 0 Å². The van der Waals surface area contributed by atoms with E-state index in [1.165, 1.54) is 6.42 Å². The zero-order valence-corrected chi connectivity index (χ0v) is 14.3. The van der Waals surface area contributed by atoms with Crippen LogP contribution in [-0.4, -0.2) is 54.3 Å². The Kier molecular flexibility index (Phi) is 8.98. The number of hydrogen-bond acceptors (Lipinski definition) is 3. The molecule has 1 aliphatic rings. The summed E-state index contributed by atoms with van der Waals surface area (Å²) in [6.45, 7) is 8.99. The molecule has 0 aromatic heterocycles.